The Morgan fingerprint density at radius 3 is 2.61 bits per heavy atom. The van der Waals surface area contributed by atoms with Gasteiger partial charge >= 0.3 is 5.97 Å². The summed E-state index contributed by atoms with van der Waals surface area (Å²) in [6, 6.07) is 7.83. The quantitative estimate of drug-likeness (QED) is 0.844. The first kappa shape index (κ1) is 12.2. The summed E-state index contributed by atoms with van der Waals surface area (Å²) in [6.07, 6.45) is 1.48. The number of anilines is 1. The second-order valence-corrected chi connectivity index (χ2v) is 3.98. The van der Waals surface area contributed by atoms with Gasteiger partial charge < -0.3 is 14.9 Å². The van der Waals surface area contributed by atoms with Gasteiger partial charge in [-0.05, 0) is 19.4 Å². The van der Waals surface area contributed by atoms with Crippen LogP contribution in [0.1, 0.15) is 23.0 Å². The largest absolute Gasteiger partial charge is 0.460 e. The fraction of sp³-hybridized carbons (Fsp3) is 0.214. The van der Waals surface area contributed by atoms with Crippen molar-refractivity contribution in [1.29, 1.82) is 0 Å². The molecule has 0 saturated heterocycles. The number of carbonyl (C=O) groups is 1. The summed E-state index contributed by atoms with van der Waals surface area (Å²) in [5, 5.41) is 0. The maximum Gasteiger partial charge on any atom is 0.376 e. The molecule has 1 aromatic carbocycles. The minimum absolute atomic E-state index is 0.0624. The van der Waals surface area contributed by atoms with Gasteiger partial charge in [0, 0.05) is 5.56 Å². The van der Waals surface area contributed by atoms with Gasteiger partial charge in [0.1, 0.15) is 6.26 Å². The minimum Gasteiger partial charge on any atom is -0.460 e. The van der Waals surface area contributed by atoms with Crippen molar-refractivity contribution in [3.8, 4) is 11.1 Å². The van der Waals surface area contributed by atoms with E-state index >= 15 is 0 Å². The van der Waals surface area contributed by atoms with Crippen LogP contribution in [-0.4, -0.2) is 12.6 Å². The van der Waals surface area contributed by atoms with E-state index in [2.05, 4.69) is 0 Å². The van der Waals surface area contributed by atoms with E-state index in [-0.39, 0.29) is 5.76 Å². The number of carbonyl (C=O) groups excluding carboxylic acids is 1. The second kappa shape index (κ2) is 4.96. The van der Waals surface area contributed by atoms with Crippen LogP contribution < -0.4 is 5.73 Å². The van der Waals surface area contributed by atoms with Crippen molar-refractivity contribution in [3.05, 3.63) is 41.9 Å². The molecule has 2 aromatic rings. The molecule has 0 unspecified atom stereocenters. The van der Waals surface area contributed by atoms with Crippen LogP contribution in [0, 0.1) is 6.92 Å². The first-order valence-corrected chi connectivity index (χ1v) is 5.74. The number of nitrogens with two attached hydrogens (primary N) is 1. The minimum atomic E-state index is -0.534. The molecule has 0 spiro atoms. The van der Waals surface area contributed by atoms with Crippen LogP contribution in [0.4, 0.5) is 5.69 Å². The van der Waals surface area contributed by atoms with Crippen molar-refractivity contribution in [2.75, 3.05) is 12.3 Å². The van der Waals surface area contributed by atoms with E-state index in [1.807, 2.05) is 31.2 Å². The predicted octanol–water partition coefficient (Wildman–Crippen LogP) is 3.01. The first-order chi connectivity index (χ1) is 8.63. The van der Waals surface area contributed by atoms with Crippen LogP contribution in [0.25, 0.3) is 11.1 Å². The standard InChI is InChI=1S/C14H15NO3/c1-3-17-14(16)13-12(15)11(8-18-13)10-6-4-9(2)5-7-10/h4-8H,3,15H2,1-2H3. The lowest BCUT2D eigenvalue weighted by atomic mass is 10.1. The number of furan rings is 1. The molecule has 0 aliphatic carbocycles. The summed E-state index contributed by atoms with van der Waals surface area (Å²) in [5.74, 6) is -0.471. The molecule has 0 aliphatic heterocycles. The molecule has 0 saturated carbocycles. The molecule has 0 bridgehead atoms. The third-order valence-corrected chi connectivity index (χ3v) is 2.65. The van der Waals surface area contributed by atoms with Crippen molar-refractivity contribution < 1.29 is 13.9 Å². The van der Waals surface area contributed by atoms with Gasteiger partial charge in [0.2, 0.25) is 5.76 Å². The molecule has 1 heterocycles. The highest BCUT2D eigenvalue weighted by atomic mass is 16.5. The molecule has 18 heavy (non-hydrogen) atoms. The summed E-state index contributed by atoms with van der Waals surface area (Å²) in [7, 11) is 0. The number of hydrogen-bond donors (Lipinski definition) is 1. The van der Waals surface area contributed by atoms with Crippen molar-refractivity contribution in [3.63, 3.8) is 0 Å². The van der Waals surface area contributed by atoms with Crippen molar-refractivity contribution in [2.24, 2.45) is 0 Å². The highest BCUT2D eigenvalue weighted by Gasteiger charge is 2.19. The van der Waals surface area contributed by atoms with E-state index in [0.29, 0.717) is 17.9 Å². The summed E-state index contributed by atoms with van der Waals surface area (Å²) in [5.41, 5.74) is 9.01. The van der Waals surface area contributed by atoms with E-state index in [1.54, 1.807) is 6.92 Å². The molecule has 4 heteroatoms. The Labute approximate surface area is 105 Å². The maximum absolute atomic E-state index is 11.6. The molecule has 0 atom stereocenters. The molecule has 0 radical (unpaired) electrons. The first-order valence-electron chi connectivity index (χ1n) is 5.74. The number of rotatable bonds is 3. The number of esters is 1. The van der Waals surface area contributed by atoms with E-state index in [9.17, 15) is 4.79 Å². The van der Waals surface area contributed by atoms with Crippen LogP contribution in [-0.2, 0) is 4.74 Å². The Morgan fingerprint density at radius 2 is 2.00 bits per heavy atom. The molecular formula is C14H15NO3. The Hall–Kier alpha value is -2.23. The average molecular weight is 245 g/mol. The maximum atomic E-state index is 11.6. The van der Waals surface area contributed by atoms with Crippen LogP contribution in [0.2, 0.25) is 0 Å². The molecule has 94 valence electrons. The third-order valence-electron chi connectivity index (χ3n) is 2.65. The Balaban J connectivity index is 2.36. The zero-order chi connectivity index (χ0) is 13.1. The Morgan fingerprint density at radius 1 is 1.33 bits per heavy atom. The van der Waals surface area contributed by atoms with Gasteiger partial charge in [-0.2, -0.15) is 0 Å². The lowest BCUT2D eigenvalue weighted by molar-refractivity contribution is 0.0492. The van der Waals surface area contributed by atoms with Gasteiger partial charge in [0.15, 0.2) is 0 Å². The molecule has 0 amide bonds. The van der Waals surface area contributed by atoms with Gasteiger partial charge in [-0.25, -0.2) is 4.79 Å². The van der Waals surface area contributed by atoms with E-state index < -0.39 is 5.97 Å². The second-order valence-electron chi connectivity index (χ2n) is 3.98. The van der Waals surface area contributed by atoms with Crippen LogP contribution in [0.5, 0.6) is 0 Å². The monoisotopic (exact) mass is 245 g/mol. The van der Waals surface area contributed by atoms with E-state index in [4.69, 9.17) is 14.9 Å². The van der Waals surface area contributed by atoms with E-state index in [1.165, 1.54) is 6.26 Å². The van der Waals surface area contributed by atoms with Gasteiger partial charge in [0.05, 0.1) is 12.3 Å². The van der Waals surface area contributed by atoms with Gasteiger partial charge in [-0.3, -0.25) is 0 Å². The summed E-state index contributed by atoms with van der Waals surface area (Å²) >= 11 is 0. The SMILES string of the molecule is CCOC(=O)c1occ(-c2ccc(C)cc2)c1N. The number of hydrogen-bond acceptors (Lipinski definition) is 4. The van der Waals surface area contributed by atoms with Gasteiger partial charge in [-0.1, -0.05) is 29.8 Å². The average Bonchev–Trinajstić information content (AvgIpc) is 2.73. The summed E-state index contributed by atoms with van der Waals surface area (Å²) < 4.78 is 10.1. The predicted molar refractivity (Wildman–Crippen MR) is 69.2 cm³/mol. The summed E-state index contributed by atoms with van der Waals surface area (Å²) in [6.45, 7) is 4.03. The lowest BCUT2D eigenvalue weighted by Gasteiger charge is -2.01. The van der Waals surface area contributed by atoms with Crippen molar-refractivity contribution in [2.45, 2.75) is 13.8 Å². The summed E-state index contributed by atoms with van der Waals surface area (Å²) in [4.78, 5) is 11.6. The molecular weight excluding hydrogens is 230 g/mol. The van der Waals surface area contributed by atoms with Gasteiger partial charge in [0.25, 0.3) is 0 Å². The highest BCUT2D eigenvalue weighted by molar-refractivity contribution is 5.96. The molecule has 4 nitrogen and oxygen atoms in total. The zero-order valence-electron chi connectivity index (χ0n) is 10.4. The molecule has 2 rings (SSSR count). The molecule has 2 N–H and O–H groups in total. The zero-order valence-corrected chi connectivity index (χ0v) is 10.4. The van der Waals surface area contributed by atoms with Crippen LogP contribution in [0.3, 0.4) is 0 Å². The Bertz CT molecular complexity index is 555. The molecule has 1 aromatic heterocycles. The number of ether oxygens (including phenoxy) is 1. The van der Waals surface area contributed by atoms with Crippen LogP contribution >= 0.6 is 0 Å². The van der Waals surface area contributed by atoms with Crippen molar-refractivity contribution in [1.82, 2.24) is 0 Å². The van der Waals surface area contributed by atoms with Crippen molar-refractivity contribution >= 4 is 11.7 Å². The van der Waals surface area contributed by atoms with Crippen LogP contribution in [0.15, 0.2) is 34.9 Å². The normalized spacial score (nSPS) is 10.3. The lowest BCUT2D eigenvalue weighted by Crippen LogP contribution is -2.06. The third kappa shape index (κ3) is 2.22. The fourth-order valence-corrected chi connectivity index (χ4v) is 1.68. The fourth-order valence-electron chi connectivity index (χ4n) is 1.68. The topological polar surface area (TPSA) is 65.5 Å². The van der Waals surface area contributed by atoms with E-state index in [0.717, 1.165) is 11.1 Å². The number of benzene rings is 1. The molecule has 0 aliphatic rings. The number of aryl methyl sites for hydroxylation is 1. The van der Waals surface area contributed by atoms with Gasteiger partial charge in [-0.15, -0.1) is 0 Å². The molecule has 0 fully saturated rings. The Kier molecular flexibility index (Phi) is 3.37. The number of nitrogen functional groups attached to an aromatic ring is 1. The highest BCUT2D eigenvalue weighted by Crippen LogP contribution is 2.31. The smallest absolute Gasteiger partial charge is 0.376 e.